The van der Waals surface area contributed by atoms with Gasteiger partial charge in [-0.1, -0.05) is 42.5 Å². The maximum absolute atomic E-state index is 13.3. The summed E-state index contributed by atoms with van der Waals surface area (Å²) in [6.45, 7) is 1.04. The highest BCUT2D eigenvalue weighted by molar-refractivity contribution is 5.96. The number of hydrogen-bond donors (Lipinski definition) is 2. The van der Waals surface area contributed by atoms with E-state index in [9.17, 15) is 9.18 Å². The van der Waals surface area contributed by atoms with E-state index >= 15 is 0 Å². The predicted molar refractivity (Wildman–Crippen MR) is 141 cm³/mol. The molecule has 182 valence electrons. The summed E-state index contributed by atoms with van der Waals surface area (Å²) in [5, 5.41) is 3.80. The Labute approximate surface area is 207 Å². The van der Waals surface area contributed by atoms with Gasteiger partial charge in [-0.2, -0.15) is 0 Å². The quantitative estimate of drug-likeness (QED) is 0.336. The third-order valence-electron chi connectivity index (χ3n) is 6.25. The van der Waals surface area contributed by atoms with E-state index in [4.69, 9.17) is 15.5 Å². The highest BCUT2D eigenvalue weighted by Gasteiger charge is 2.19. The van der Waals surface area contributed by atoms with Gasteiger partial charge in [-0.3, -0.25) is 4.79 Å². The van der Waals surface area contributed by atoms with Crippen LogP contribution in [0.1, 0.15) is 11.1 Å². The van der Waals surface area contributed by atoms with Gasteiger partial charge in [0, 0.05) is 13.1 Å². The number of anilines is 2. The second-order valence-corrected chi connectivity index (χ2v) is 8.50. The Kier molecular flexibility index (Phi) is 6.49. The minimum Gasteiger partial charge on any atom is -0.496 e. The van der Waals surface area contributed by atoms with Crippen LogP contribution in [0.5, 0.6) is 5.75 Å². The molecule has 5 rings (SSSR count). The van der Waals surface area contributed by atoms with Crippen molar-refractivity contribution in [1.82, 2.24) is 14.5 Å². The van der Waals surface area contributed by atoms with E-state index in [1.807, 2.05) is 34.9 Å². The molecule has 0 unspecified atom stereocenters. The molecule has 2 aromatic heterocycles. The SMILES string of the molecule is COc1ccccc1CCn1c(N)c(NCCc2ccc(F)cc2)c2nc(=O)c3ccccc3nc21. The van der Waals surface area contributed by atoms with Crippen molar-refractivity contribution >= 4 is 33.6 Å². The molecule has 0 aliphatic rings. The summed E-state index contributed by atoms with van der Waals surface area (Å²) in [7, 11) is 1.65. The van der Waals surface area contributed by atoms with Crippen molar-refractivity contribution in [1.29, 1.82) is 0 Å². The number of fused-ring (bicyclic) bond motifs is 2. The number of hydrogen-bond acceptors (Lipinski definition) is 6. The van der Waals surface area contributed by atoms with Crippen LogP contribution in [0.2, 0.25) is 0 Å². The van der Waals surface area contributed by atoms with E-state index in [1.165, 1.54) is 12.1 Å². The first-order valence-corrected chi connectivity index (χ1v) is 11.7. The summed E-state index contributed by atoms with van der Waals surface area (Å²) >= 11 is 0. The van der Waals surface area contributed by atoms with Crippen molar-refractivity contribution in [2.45, 2.75) is 19.4 Å². The fourth-order valence-electron chi connectivity index (χ4n) is 4.38. The van der Waals surface area contributed by atoms with E-state index in [1.54, 1.807) is 37.4 Å². The molecule has 36 heavy (non-hydrogen) atoms. The van der Waals surface area contributed by atoms with E-state index in [-0.39, 0.29) is 11.4 Å². The molecule has 0 amide bonds. The summed E-state index contributed by atoms with van der Waals surface area (Å²) in [5.41, 5.74) is 10.4. The summed E-state index contributed by atoms with van der Waals surface area (Å²) in [6.07, 6.45) is 1.29. The zero-order valence-corrected chi connectivity index (χ0v) is 19.9. The third kappa shape index (κ3) is 4.57. The van der Waals surface area contributed by atoms with Crippen LogP contribution in [0.4, 0.5) is 15.9 Å². The van der Waals surface area contributed by atoms with Crippen molar-refractivity contribution in [3.8, 4) is 5.75 Å². The molecular formula is C28H26FN5O2. The number of nitrogens with two attached hydrogens (primary N) is 1. The van der Waals surface area contributed by atoms with Gasteiger partial charge in [0.2, 0.25) is 0 Å². The minimum atomic E-state index is -0.364. The van der Waals surface area contributed by atoms with Gasteiger partial charge in [0.1, 0.15) is 28.6 Å². The average molecular weight is 484 g/mol. The molecule has 0 bridgehead atoms. The van der Waals surface area contributed by atoms with Crippen LogP contribution in [0.25, 0.3) is 22.1 Å². The molecule has 2 heterocycles. The number of nitrogens with one attached hydrogen (secondary N) is 1. The van der Waals surface area contributed by atoms with Crippen LogP contribution in [0, 0.1) is 5.82 Å². The Balaban J connectivity index is 1.56. The summed E-state index contributed by atoms with van der Waals surface area (Å²) in [4.78, 5) is 22.2. The Morgan fingerprint density at radius 3 is 2.53 bits per heavy atom. The zero-order valence-electron chi connectivity index (χ0n) is 19.9. The monoisotopic (exact) mass is 483 g/mol. The van der Waals surface area contributed by atoms with Gasteiger partial charge >= 0.3 is 0 Å². The second-order valence-electron chi connectivity index (χ2n) is 8.50. The Morgan fingerprint density at radius 2 is 1.72 bits per heavy atom. The second kappa shape index (κ2) is 10.0. The lowest BCUT2D eigenvalue weighted by Gasteiger charge is -2.11. The first kappa shape index (κ1) is 23.3. The summed E-state index contributed by atoms with van der Waals surface area (Å²) < 4.78 is 20.6. The fourth-order valence-corrected chi connectivity index (χ4v) is 4.38. The smallest absolute Gasteiger partial charge is 0.279 e. The summed E-state index contributed by atoms with van der Waals surface area (Å²) in [5.74, 6) is 0.981. The molecule has 8 heteroatoms. The number of aromatic nitrogens is 3. The van der Waals surface area contributed by atoms with Crippen molar-refractivity contribution in [2.75, 3.05) is 24.7 Å². The average Bonchev–Trinajstić information content (AvgIpc) is 3.03. The number of rotatable bonds is 8. The number of nitrogens with zero attached hydrogens (tertiary/aromatic N) is 3. The van der Waals surface area contributed by atoms with Crippen LogP contribution in [-0.4, -0.2) is 28.2 Å². The Bertz CT molecular complexity index is 1600. The van der Waals surface area contributed by atoms with Crippen LogP contribution < -0.4 is 21.3 Å². The van der Waals surface area contributed by atoms with Crippen molar-refractivity contribution < 1.29 is 9.13 Å². The third-order valence-corrected chi connectivity index (χ3v) is 6.25. The van der Waals surface area contributed by atoms with Gasteiger partial charge in [-0.15, -0.1) is 0 Å². The maximum Gasteiger partial charge on any atom is 0.279 e. The molecule has 0 radical (unpaired) electrons. The highest BCUT2D eigenvalue weighted by atomic mass is 19.1. The number of methoxy groups -OCH3 is 1. The van der Waals surface area contributed by atoms with Crippen LogP contribution in [0.15, 0.2) is 77.6 Å². The van der Waals surface area contributed by atoms with Gasteiger partial charge in [0.25, 0.3) is 5.56 Å². The normalized spacial score (nSPS) is 11.2. The van der Waals surface area contributed by atoms with Crippen LogP contribution in [-0.2, 0) is 19.4 Å². The van der Waals surface area contributed by atoms with Crippen LogP contribution in [0.3, 0.4) is 0 Å². The first-order valence-electron chi connectivity index (χ1n) is 11.7. The number of para-hydroxylation sites is 2. The molecule has 7 nitrogen and oxygen atoms in total. The van der Waals surface area contributed by atoms with Crippen molar-refractivity contribution in [3.63, 3.8) is 0 Å². The van der Waals surface area contributed by atoms with E-state index < -0.39 is 0 Å². The van der Waals surface area contributed by atoms with E-state index in [2.05, 4.69) is 10.3 Å². The van der Waals surface area contributed by atoms with Gasteiger partial charge in [0.05, 0.1) is 18.0 Å². The Hall–Kier alpha value is -4.46. The lowest BCUT2D eigenvalue weighted by atomic mass is 10.1. The number of aryl methyl sites for hydroxylation is 2. The standard InChI is InChI=1S/C28H26FN5O2/c1-36-23-9-5-2-6-19(23)15-17-34-26(30)24(31-16-14-18-10-12-20(29)13-11-18)25-27(34)32-22-8-4-3-7-21(22)28(35)33-25/h2-13,31H,14-17,30H2,1H3. The molecule has 3 N–H and O–H groups in total. The topological polar surface area (TPSA) is 95.1 Å². The molecule has 0 fully saturated rings. The molecule has 0 saturated heterocycles. The van der Waals surface area contributed by atoms with Gasteiger partial charge in [0.15, 0.2) is 5.65 Å². The molecule has 0 aliphatic carbocycles. The molecular weight excluding hydrogens is 457 g/mol. The Morgan fingerprint density at radius 1 is 0.972 bits per heavy atom. The summed E-state index contributed by atoms with van der Waals surface area (Å²) in [6, 6.07) is 21.4. The number of halogens is 1. The number of ether oxygens (including phenoxy) is 1. The molecule has 5 aromatic rings. The predicted octanol–water partition coefficient (Wildman–Crippen LogP) is 4.57. The van der Waals surface area contributed by atoms with Crippen molar-refractivity contribution in [2.24, 2.45) is 0 Å². The van der Waals surface area contributed by atoms with Crippen molar-refractivity contribution in [3.05, 3.63) is 100 Å². The largest absolute Gasteiger partial charge is 0.496 e. The van der Waals surface area contributed by atoms with E-state index in [0.29, 0.717) is 59.5 Å². The van der Waals surface area contributed by atoms with Gasteiger partial charge in [-0.25, -0.2) is 14.4 Å². The molecule has 0 spiro atoms. The molecule has 0 atom stereocenters. The van der Waals surface area contributed by atoms with Gasteiger partial charge < -0.3 is 20.4 Å². The lowest BCUT2D eigenvalue weighted by molar-refractivity contribution is 0.408. The lowest BCUT2D eigenvalue weighted by Crippen LogP contribution is -2.10. The van der Waals surface area contributed by atoms with Gasteiger partial charge in [-0.05, 0) is 54.3 Å². The first-order chi connectivity index (χ1) is 17.5. The molecule has 0 saturated carbocycles. The van der Waals surface area contributed by atoms with E-state index in [0.717, 1.165) is 16.9 Å². The zero-order chi connectivity index (χ0) is 25.1. The van der Waals surface area contributed by atoms with Crippen LogP contribution >= 0.6 is 0 Å². The fraction of sp³-hybridized carbons (Fsp3) is 0.179. The molecule has 3 aromatic carbocycles. The maximum atomic E-state index is 13.3. The highest BCUT2D eigenvalue weighted by Crippen LogP contribution is 2.31. The number of benzene rings is 3. The number of nitrogen functional groups attached to an aromatic ring is 1. The molecule has 0 aliphatic heterocycles. The minimum absolute atomic E-state index is 0.271.